The van der Waals surface area contributed by atoms with Crippen molar-refractivity contribution in [1.82, 2.24) is 10.2 Å². The summed E-state index contributed by atoms with van der Waals surface area (Å²) >= 11 is 0. The molecule has 0 aromatic rings. The Morgan fingerprint density at radius 3 is 2.59 bits per heavy atom. The summed E-state index contributed by atoms with van der Waals surface area (Å²) in [6, 6.07) is -0.110. The molecule has 0 saturated carbocycles. The molecule has 1 aliphatic heterocycles. The average Bonchev–Trinajstić information content (AvgIpc) is 2.17. The molecule has 5 nitrogen and oxygen atoms in total. The van der Waals surface area contributed by atoms with E-state index >= 15 is 0 Å². The lowest BCUT2D eigenvalue weighted by Gasteiger charge is -2.47. The lowest BCUT2D eigenvalue weighted by Crippen LogP contribution is -2.64. The Labute approximate surface area is 102 Å². The second kappa shape index (κ2) is 5.04. The van der Waals surface area contributed by atoms with Crippen LogP contribution in [0.4, 0.5) is 0 Å². The normalized spacial score (nSPS) is 26.7. The number of rotatable bonds is 3. The number of nitrogens with one attached hydrogen (secondary N) is 1. The SMILES string of the molecule is CC1CNC(=O)C(CCC(=O)O)N1C(C)(C)C. The third-order valence-corrected chi connectivity index (χ3v) is 3.09. The van der Waals surface area contributed by atoms with E-state index in [0.29, 0.717) is 13.0 Å². The molecule has 1 aliphatic rings. The van der Waals surface area contributed by atoms with E-state index in [1.807, 2.05) is 0 Å². The van der Waals surface area contributed by atoms with Crippen molar-refractivity contribution >= 4 is 11.9 Å². The van der Waals surface area contributed by atoms with Gasteiger partial charge in [-0.1, -0.05) is 0 Å². The third kappa shape index (κ3) is 3.43. The van der Waals surface area contributed by atoms with Crippen LogP contribution in [0.1, 0.15) is 40.5 Å². The first-order valence-corrected chi connectivity index (χ1v) is 6.01. The minimum Gasteiger partial charge on any atom is -0.481 e. The highest BCUT2D eigenvalue weighted by Gasteiger charge is 2.40. The van der Waals surface area contributed by atoms with E-state index in [2.05, 4.69) is 37.9 Å². The van der Waals surface area contributed by atoms with Crippen molar-refractivity contribution in [2.45, 2.75) is 58.2 Å². The van der Waals surface area contributed by atoms with Gasteiger partial charge < -0.3 is 10.4 Å². The second-order valence-corrected chi connectivity index (χ2v) is 5.62. The molecule has 1 heterocycles. The maximum atomic E-state index is 11.9. The molecule has 0 aliphatic carbocycles. The van der Waals surface area contributed by atoms with Crippen LogP contribution in [0.5, 0.6) is 0 Å². The number of nitrogens with zero attached hydrogens (tertiary/aromatic N) is 1. The zero-order valence-electron chi connectivity index (χ0n) is 11.0. The van der Waals surface area contributed by atoms with E-state index in [4.69, 9.17) is 5.11 Å². The maximum absolute atomic E-state index is 11.9. The fourth-order valence-corrected chi connectivity index (χ4v) is 2.56. The van der Waals surface area contributed by atoms with Crippen LogP contribution in [0, 0.1) is 0 Å². The summed E-state index contributed by atoms with van der Waals surface area (Å²) in [6.07, 6.45) is 0.389. The average molecular weight is 242 g/mol. The van der Waals surface area contributed by atoms with Gasteiger partial charge in [0.2, 0.25) is 5.91 Å². The molecule has 2 atom stereocenters. The Balaban J connectivity index is 2.84. The van der Waals surface area contributed by atoms with Crippen molar-refractivity contribution in [1.29, 1.82) is 0 Å². The molecular weight excluding hydrogens is 220 g/mol. The first-order valence-electron chi connectivity index (χ1n) is 6.01. The lowest BCUT2D eigenvalue weighted by molar-refractivity contribution is -0.140. The summed E-state index contributed by atoms with van der Waals surface area (Å²) < 4.78 is 0. The molecule has 1 saturated heterocycles. The van der Waals surface area contributed by atoms with Gasteiger partial charge in [-0.25, -0.2) is 0 Å². The van der Waals surface area contributed by atoms with E-state index < -0.39 is 5.97 Å². The molecule has 2 N–H and O–H groups in total. The second-order valence-electron chi connectivity index (χ2n) is 5.62. The number of carbonyl (C=O) groups excluding carboxylic acids is 1. The van der Waals surface area contributed by atoms with E-state index in [9.17, 15) is 9.59 Å². The zero-order chi connectivity index (χ0) is 13.2. The van der Waals surface area contributed by atoms with E-state index in [1.165, 1.54) is 0 Å². The summed E-state index contributed by atoms with van der Waals surface area (Å²) in [7, 11) is 0. The smallest absolute Gasteiger partial charge is 0.303 e. The van der Waals surface area contributed by atoms with Gasteiger partial charge in [0, 0.05) is 24.5 Å². The standard InChI is InChI=1S/C12H22N2O3/c1-8-7-13-11(17)9(5-6-10(15)16)14(8)12(2,3)4/h8-9H,5-7H2,1-4H3,(H,13,17)(H,15,16). The van der Waals surface area contributed by atoms with Crippen LogP contribution in [0.15, 0.2) is 0 Å². The molecule has 1 rings (SSSR count). The van der Waals surface area contributed by atoms with Crippen molar-refractivity contribution in [3.05, 3.63) is 0 Å². The van der Waals surface area contributed by atoms with Crippen LogP contribution in [0.2, 0.25) is 0 Å². The molecule has 0 spiro atoms. The zero-order valence-corrected chi connectivity index (χ0v) is 11.0. The summed E-state index contributed by atoms with van der Waals surface area (Å²) in [5.74, 6) is -0.913. The minimum atomic E-state index is -0.857. The molecule has 1 fully saturated rings. The van der Waals surface area contributed by atoms with Crippen LogP contribution in [-0.2, 0) is 9.59 Å². The summed E-state index contributed by atoms with van der Waals surface area (Å²) in [5, 5.41) is 11.6. The van der Waals surface area contributed by atoms with E-state index in [-0.39, 0.29) is 30.0 Å². The Kier molecular flexibility index (Phi) is 4.14. The van der Waals surface area contributed by atoms with Crippen LogP contribution in [0.25, 0.3) is 0 Å². The van der Waals surface area contributed by atoms with Gasteiger partial charge in [-0.05, 0) is 34.1 Å². The summed E-state index contributed by atoms with van der Waals surface area (Å²) in [6.45, 7) is 8.83. The first-order chi connectivity index (χ1) is 7.73. The Hall–Kier alpha value is -1.10. The Morgan fingerprint density at radius 1 is 1.53 bits per heavy atom. The number of hydrogen-bond acceptors (Lipinski definition) is 3. The minimum absolute atomic E-state index is 0.0252. The van der Waals surface area contributed by atoms with Gasteiger partial charge in [-0.2, -0.15) is 0 Å². The van der Waals surface area contributed by atoms with E-state index in [1.54, 1.807) is 0 Å². The third-order valence-electron chi connectivity index (χ3n) is 3.09. The number of carboxylic acid groups (broad SMARTS) is 1. The molecular formula is C12H22N2O3. The number of carboxylic acids is 1. The molecule has 5 heteroatoms. The molecule has 0 aromatic carbocycles. The number of hydrogen-bond donors (Lipinski definition) is 2. The van der Waals surface area contributed by atoms with Gasteiger partial charge in [0.25, 0.3) is 0 Å². The highest BCUT2D eigenvalue weighted by molar-refractivity contribution is 5.83. The number of aliphatic carboxylic acids is 1. The number of carbonyl (C=O) groups is 2. The molecule has 0 bridgehead atoms. The molecule has 0 radical (unpaired) electrons. The van der Waals surface area contributed by atoms with Crippen molar-refractivity contribution in [3.63, 3.8) is 0 Å². The van der Waals surface area contributed by atoms with Crippen LogP contribution in [-0.4, -0.2) is 46.1 Å². The van der Waals surface area contributed by atoms with Gasteiger partial charge in [0.05, 0.1) is 6.04 Å². The van der Waals surface area contributed by atoms with Crippen molar-refractivity contribution in [3.8, 4) is 0 Å². The van der Waals surface area contributed by atoms with Crippen molar-refractivity contribution in [2.24, 2.45) is 0 Å². The van der Waals surface area contributed by atoms with Crippen molar-refractivity contribution in [2.75, 3.05) is 6.54 Å². The molecule has 0 aromatic heterocycles. The van der Waals surface area contributed by atoms with Gasteiger partial charge in [-0.15, -0.1) is 0 Å². The van der Waals surface area contributed by atoms with Crippen LogP contribution in [0.3, 0.4) is 0 Å². The van der Waals surface area contributed by atoms with E-state index in [0.717, 1.165) is 0 Å². The van der Waals surface area contributed by atoms with Gasteiger partial charge in [-0.3, -0.25) is 14.5 Å². The fourth-order valence-electron chi connectivity index (χ4n) is 2.56. The molecule has 98 valence electrons. The topological polar surface area (TPSA) is 69.6 Å². The summed E-state index contributed by atoms with van der Waals surface area (Å²) in [5.41, 5.74) is -0.139. The molecule has 1 amide bonds. The van der Waals surface area contributed by atoms with Gasteiger partial charge in [0.1, 0.15) is 0 Å². The quantitative estimate of drug-likeness (QED) is 0.769. The largest absolute Gasteiger partial charge is 0.481 e. The highest BCUT2D eigenvalue weighted by Crippen LogP contribution is 2.25. The van der Waals surface area contributed by atoms with Crippen molar-refractivity contribution < 1.29 is 14.7 Å². The van der Waals surface area contributed by atoms with Crippen LogP contribution < -0.4 is 5.32 Å². The lowest BCUT2D eigenvalue weighted by atomic mass is 9.94. The predicted octanol–water partition coefficient (Wildman–Crippen LogP) is 0.839. The first kappa shape index (κ1) is 14.0. The maximum Gasteiger partial charge on any atom is 0.303 e. The Bertz CT molecular complexity index is 309. The predicted molar refractivity (Wildman–Crippen MR) is 64.7 cm³/mol. The summed E-state index contributed by atoms with van der Waals surface area (Å²) in [4.78, 5) is 24.6. The molecule has 17 heavy (non-hydrogen) atoms. The van der Waals surface area contributed by atoms with Crippen LogP contribution >= 0.6 is 0 Å². The highest BCUT2D eigenvalue weighted by atomic mass is 16.4. The van der Waals surface area contributed by atoms with Gasteiger partial charge >= 0.3 is 5.97 Å². The number of amides is 1. The fraction of sp³-hybridized carbons (Fsp3) is 0.833. The monoisotopic (exact) mass is 242 g/mol. The molecule has 2 unspecified atom stereocenters. The van der Waals surface area contributed by atoms with Gasteiger partial charge in [0.15, 0.2) is 0 Å². The Morgan fingerprint density at radius 2 is 2.12 bits per heavy atom. The number of piperazine rings is 1.